The number of ether oxygens (including phenoxy) is 2. The van der Waals surface area contributed by atoms with Crippen molar-refractivity contribution in [2.75, 3.05) is 6.61 Å². The molecule has 1 amide bonds. The molecule has 3 rings (SSSR count). The lowest BCUT2D eigenvalue weighted by Gasteiger charge is -2.23. The van der Waals surface area contributed by atoms with Gasteiger partial charge in [-0.1, -0.05) is 24.3 Å². The number of benzene rings is 2. The fourth-order valence-electron chi connectivity index (χ4n) is 2.62. The summed E-state index contributed by atoms with van der Waals surface area (Å²) in [5.74, 6) is -0.0422. The number of carbonyl (C=O) groups excluding carboxylic acids is 2. The van der Waals surface area contributed by atoms with Crippen LogP contribution in [0.2, 0.25) is 0 Å². The van der Waals surface area contributed by atoms with Gasteiger partial charge >= 0.3 is 0 Å². The van der Waals surface area contributed by atoms with Crippen LogP contribution in [0.5, 0.6) is 5.75 Å². The van der Waals surface area contributed by atoms with E-state index in [0.717, 1.165) is 19.3 Å². The van der Waals surface area contributed by atoms with Gasteiger partial charge in [-0.25, -0.2) is 0 Å². The Labute approximate surface area is 140 Å². The minimum absolute atomic E-state index is 0.138. The summed E-state index contributed by atoms with van der Waals surface area (Å²) in [6, 6.07) is 13.3. The van der Waals surface area contributed by atoms with Crippen molar-refractivity contribution in [1.82, 2.24) is 0 Å². The molecule has 2 aromatic rings. The molecule has 124 valence electrons. The molecule has 0 aliphatic carbocycles. The quantitative estimate of drug-likeness (QED) is 0.857. The highest BCUT2D eigenvalue weighted by Gasteiger charge is 2.16. The first kappa shape index (κ1) is 16.2. The standard InChI is InChI=1S/C19H19NO4/c20-19(22)14-9-7-13(8-10-14)18(21)15-4-3-5-16(12-15)24-17-6-1-2-11-23-17/h3-5,7-10,12,17H,1-2,6,11H2,(H2,20,22). The normalized spacial score (nSPS) is 17.2. The molecule has 0 saturated carbocycles. The van der Waals surface area contributed by atoms with E-state index in [0.29, 0.717) is 29.0 Å². The lowest BCUT2D eigenvalue weighted by atomic mass is 10.0. The minimum Gasteiger partial charge on any atom is -0.465 e. The van der Waals surface area contributed by atoms with E-state index in [4.69, 9.17) is 15.2 Å². The van der Waals surface area contributed by atoms with Crippen LogP contribution in [0.15, 0.2) is 48.5 Å². The van der Waals surface area contributed by atoms with E-state index in [9.17, 15) is 9.59 Å². The Morgan fingerprint density at radius 1 is 1.00 bits per heavy atom. The Kier molecular flexibility index (Phi) is 4.91. The van der Waals surface area contributed by atoms with Crippen molar-refractivity contribution in [1.29, 1.82) is 0 Å². The summed E-state index contributed by atoms with van der Waals surface area (Å²) in [4.78, 5) is 23.7. The van der Waals surface area contributed by atoms with Crippen molar-refractivity contribution >= 4 is 11.7 Å². The van der Waals surface area contributed by atoms with Gasteiger partial charge in [-0.3, -0.25) is 9.59 Å². The van der Waals surface area contributed by atoms with Crippen LogP contribution < -0.4 is 10.5 Å². The Hall–Kier alpha value is -2.66. The van der Waals surface area contributed by atoms with E-state index in [1.165, 1.54) is 0 Å². The molecule has 0 spiro atoms. The summed E-state index contributed by atoms with van der Waals surface area (Å²) < 4.78 is 11.3. The first-order valence-electron chi connectivity index (χ1n) is 7.96. The van der Waals surface area contributed by atoms with E-state index in [-0.39, 0.29) is 12.1 Å². The van der Waals surface area contributed by atoms with Crippen LogP contribution in [0, 0.1) is 0 Å². The summed E-state index contributed by atoms with van der Waals surface area (Å²) in [6.45, 7) is 0.704. The second kappa shape index (κ2) is 7.27. The molecular formula is C19H19NO4. The highest BCUT2D eigenvalue weighted by Crippen LogP contribution is 2.21. The third-order valence-electron chi connectivity index (χ3n) is 3.93. The number of rotatable bonds is 5. The lowest BCUT2D eigenvalue weighted by Crippen LogP contribution is -2.25. The van der Waals surface area contributed by atoms with Crippen molar-refractivity contribution < 1.29 is 19.1 Å². The van der Waals surface area contributed by atoms with E-state index in [1.54, 1.807) is 42.5 Å². The number of ketones is 1. The molecule has 0 aromatic heterocycles. The maximum absolute atomic E-state index is 12.6. The summed E-state index contributed by atoms with van der Waals surface area (Å²) >= 11 is 0. The van der Waals surface area contributed by atoms with Crippen LogP contribution in [0.1, 0.15) is 45.5 Å². The van der Waals surface area contributed by atoms with Crippen LogP contribution >= 0.6 is 0 Å². The second-order valence-electron chi connectivity index (χ2n) is 5.71. The van der Waals surface area contributed by atoms with Crippen molar-refractivity contribution in [3.63, 3.8) is 0 Å². The molecule has 1 fully saturated rings. The largest absolute Gasteiger partial charge is 0.465 e. The topological polar surface area (TPSA) is 78.6 Å². The Bertz CT molecular complexity index is 733. The summed E-state index contributed by atoms with van der Waals surface area (Å²) in [7, 11) is 0. The Morgan fingerprint density at radius 2 is 1.75 bits per heavy atom. The first-order valence-corrected chi connectivity index (χ1v) is 7.96. The predicted molar refractivity (Wildman–Crippen MR) is 89.1 cm³/mol. The molecule has 1 aliphatic heterocycles. The molecule has 1 unspecified atom stereocenters. The van der Waals surface area contributed by atoms with Gasteiger partial charge in [-0.2, -0.15) is 0 Å². The molecule has 2 aromatic carbocycles. The monoisotopic (exact) mass is 325 g/mol. The zero-order valence-electron chi connectivity index (χ0n) is 13.2. The number of hydrogen-bond donors (Lipinski definition) is 1. The van der Waals surface area contributed by atoms with Crippen molar-refractivity contribution in [2.24, 2.45) is 5.73 Å². The molecule has 5 heteroatoms. The Balaban J connectivity index is 1.74. The third-order valence-corrected chi connectivity index (χ3v) is 3.93. The van der Waals surface area contributed by atoms with Crippen LogP contribution in [0.25, 0.3) is 0 Å². The molecule has 1 heterocycles. The number of primary amides is 1. The second-order valence-corrected chi connectivity index (χ2v) is 5.71. The molecule has 1 atom stereocenters. The smallest absolute Gasteiger partial charge is 0.248 e. The highest BCUT2D eigenvalue weighted by atomic mass is 16.7. The van der Waals surface area contributed by atoms with Gasteiger partial charge in [0.2, 0.25) is 5.91 Å². The molecule has 1 saturated heterocycles. The van der Waals surface area contributed by atoms with E-state index in [2.05, 4.69) is 0 Å². The van der Waals surface area contributed by atoms with Gasteiger partial charge in [0, 0.05) is 23.1 Å². The average Bonchev–Trinajstić information content (AvgIpc) is 2.62. The van der Waals surface area contributed by atoms with Gasteiger partial charge in [0.05, 0.1) is 6.61 Å². The zero-order valence-corrected chi connectivity index (χ0v) is 13.2. The van der Waals surface area contributed by atoms with Crippen molar-refractivity contribution in [3.8, 4) is 5.75 Å². The van der Waals surface area contributed by atoms with Crippen LogP contribution in [0.3, 0.4) is 0 Å². The van der Waals surface area contributed by atoms with E-state index >= 15 is 0 Å². The predicted octanol–water partition coefficient (Wildman–Crippen LogP) is 2.92. The van der Waals surface area contributed by atoms with Crippen molar-refractivity contribution in [2.45, 2.75) is 25.6 Å². The molecule has 24 heavy (non-hydrogen) atoms. The van der Waals surface area contributed by atoms with Crippen LogP contribution in [-0.2, 0) is 4.74 Å². The summed E-state index contributed by atoms with van der Waals surface area (Å²) in [5, 5.41) is 0. The average molecular weight is 325 g/mol. The molecule has 2 N–H and O–H groups in total. The van der Waals surface area contributed by atoms with Crippen LogP contribution in [0.4, 0.5) is 0 Å². The fourth-order valence-corrected chi connectivity index (χ4v) is 2.62. The molecule has 5 nitrogen and oxygen atoms in total. The van der Waals surface area contributed by atoms with E-state index < -0.39 is 5.91 Å². The van der Waals surface area contributed by atoms with Crippen molar-refractivity contribution in [3.05, 3.63) is 65.2 Å². The summed E-state index contributed by atoms with van der Waals surface area (Å²) in [6.07, 6.45) is 2.74. The number of amides is 1. The van der Waals surface area contributed by atoms with Gasteiger partial charge in [0.15, 0.2) is 12.1 Å². The van der Waals surface area contributed by atoms with Gasteiger partial charge in [0.1, 0.15) is 5.75 Å². The molecule has 0 radical (unpaired) electrons. The summed E-state index contributed by atoms with van der Waals surface area (Å²) in [5.41, 5.74) is 6.60. The van der Waals surface area contributed by atoms with Gasteiger partial charge < -0.3 is 15.2 Å². The fraction of sp³-hybridized carbons (Fsp3) is 0.263. The first-order chi connectivity index (χ1) is 11.6. The van der Waals surface area contributed by atoms with Gasteiger partial charge in [-0.15, -0.1) is 0 Å². The minimum atomic E-state index is -0.517. The molecule has 1 aliphatic rings. The zero-order chi connectivity index (χ0) is 16.9. The maximum Gasteiger partial charge on any atom is 0.248 e. The van der Waals surface area contributed by atoms with Crippen LogP contribution in [-0.4, -0.2) is 24.6 Å². The Morgan fingerprint density at radius 3 is 2.42 bits per heavy atom. The maximum atomic E-state index is 12.6. The van der Waals surface area contributed by atoms with Gasteiger partial charge in [-0.05, 0) is 37.1 Å². The number of carbonyl (C=O) groups is 2. The van der Waals surface area contributed by atoms with E-state index in [1.807, 2.05) is 6.07 Å². The SMILES string of the molecule is NC(=O)c1ccc(C(=O)c2cccc(OC3CCCCO3)c2)cc1. The number of nitrogens with two attached hydrogens (primary N) is 1. The third kappa shape index (κ3) is 3.81. The molecular weight excluding hydrogens is 306 g/mol. The highest BCUT2D eigenvalue weighted by molar-refractivity contribution is 6.09. The van der Waals surface area contributed by atoms with Gasteiger partial charge in [0.25, 0.3) is 0 Å². The molecule has 0 bridgehead atoms. The lowest BCUT2D eigenvalue weighted by molar-refractivity contribution is -0.105. The number of hydrogen-bond acceptors (Lipinski definition) is 4.